The number of esters is 3. The summed E-state index contributed by atoms with van der Waals surface area (Å²) in [4.78, 5) is 46.9. The molecule has 2 atom stereocenters. The van der Waals surface area contributed by atoms with E-state index in [1.54, 1.807) is 0 Å². The van der Waals surface area contributed by atoms with Gasteiger partial charge in [-0.05, 0) is 30.5 Å². The standard InChI is InChI=1S/C17H19NO7/c1-9-4-13(9)17(22)25-8-14(19)18-12-6-10(15(20)23-2)5-11(7-12)16(21)24-3/h5-7,9,13H,4,8H2,1-3H3,(H,18,19)/t9-,13-/m0/s1. The number of amides is 1. The Balaban J connectivity index is 2.06. The minimum Gasteiger partial charge on any atom is -0.465 e. The molecule has 0 bridgehead atoms. The first-order valence-corrected chi connectivity index (χ1v) is 7.64. The quantitative estimate of drug-likeness (QED) is 0.611. The predicted molar refractivity (Wildman–Crippen MR) is 86.0 cm³/mol. The van der Waals surface area contributed by atoms with Crippen molar-refractivity contribution in [3.05, 3.63) is 29.3 Å². The first kappa shape index (κ1) is 18.4. The number of carbonyl (C=O) groups is 4. The molecular formula is C17H19NO7. The number of hydrogen-bond acceptors (Lipinski definition) is 7. The maximum absolute atomic E-state index is 11.9. The fourth-order valence-corrected chi connectivity index (χ4v) is 2.26. The Morgan fingerprint density at radius 2 is 1.56 bits per heavy atom. The van der Waals surface area contributed by atoms with Gasteiger partial charge in [0.2, 0.25) is 0 Å². The summed E-state index contributed by atoms with van der Waals surface area (Å²) in [5.41, 5.74) is 0.332. The van der Waals surface area contributed by atoms with Gasteiger partial charge in [0.25, 0.3) is 5.91 Å². The molecule has 8 heteroatoms. The second-order valence-electron chi connectivity index (χ2n) is 5.76. The third-order valence-corrected chi connectivity index (χ3v) is 3.82. The second kappa shape index (κ2) is 7.78. The molecule has 0 radical (unpaired) electrons. The lowest BCUT2D eigenvalue weighted by Crippen LogP contribution is -2.22. The fourth-order valence-electron chi connectivity index (χ4n) is 2.26. The van der Waals surface area contributed by atoms with Crippen molar-refractivity contribution < 1.29 is 33.4 Å². The Hall–Kier alpha value is -2.90. The first-order chi connectivity index (χ1) is 11.8. The molecule has 1 aromatic carbocycles. The lowest BCUT2D eigenvalue weighted by atomic mass is 10.1. The topological polar surface area (TPSA) is 108 Å². The molecule has 0 unspecified atom stereocenters. The summed E-state index contributed by atoms with van der Waals surface area (Å²) in [5, 5.41) is 2.47. The maximum atomic E-state index is 11.9. The van der Waals surface area contributed by atoms with E-state index >= 15 is 0 Å². The number of ether oxygens (including phenoxy) is 3. The molecule has 1 saturated carbocycles. The highest BCUT2D eigenvalue weighted by molar-refractivity contribution is 6.00. The highest BCUT2D eigenvalue weighted by Crippen LogP contribution is 2.38. The molecule has 1 aliphatic carbocycles. The smallest absolute Gasteiger partial charge is 0.337 e. The van der Waals surface area contributed by atoms with Crippen LogP contribution in [0.4, 0.5) is 5.69 Å². The normalized spacial score (nSPS) is 18.0. The van der Waals surface area contributed by atoms with Gasteiger partial charge in [0.1, 0.15) is 0 Å². The highest BCUT2D eigenvalue weighted by Gasteiger charge is 2.40. The minimum atomic E-state index is -0.671. The lowest BCUT2D eigenvalue weighted by Gasteiger charge is -2.10. The van der Waals surface area contributed by atoms with Gasteiger partial charge in [-0.1, -0.05) is 6.92 Å². The zero-order chi connectivity index (χ0) is 18.6. The molecule has 8 nitrogen and oxygen atoms in total. The van der Waals surface area contributed by atoms with Crippen molar-refractivity contribution >= 4 is 29.5 Å². The van der Waals surface area contributed by atoms with Crippen LogP contribution in [0, 0.1) is 11.8 Å². The molecule has 1 amide bonds. The van der Waals surface area contributed by atoms with Gasteiger partial charge >= 0.3 is 17.9 Å². The van der Waals surface area contributed by atoms with Crippen LogP contribution in [0.2, 0.25) is 0 Å². The average molecular weight is 349 g/mol. The summed E-state index contributed by atoms with van der Waals surface area (Å²) in [7, 11) is 2.40. The van der Waals surface area contributed by atoms with Gasteiger partial charge in [-0.15, -0.1) is 0 Å². The lowest BCUT2D eigenvalue weighted by molar-refractivity contribution is -0.148. The van der Waals surface area contributed by atoms with Crippen molar-refractivity contribution in [2.24, 2.45) is 11.8 Å². The molecule has 0 aliphatic heterocycles. The van der Waals surface area contributed by atoms with Crippen LogP contribution in [0.25, 0.3) is 0 Å². The van der Waals surface area contributed by atoms with Crippen LogP contribution in [0.5, 0.6) is 0 Å². The number of nitrogens with one attached hydrogen (secondary N) is 1. The largest absolute Gasteiger partial charge is 0.465 e. The Bertz CT molecular complexity index is 679. The summed E-state index contributed by atoms with van der Waals surface area (Å²) >= 11 is 0. The number of methoxy groups -OCH3 is 2. The Morgan fingerprint density at radius 3 is 2.00 bits per heavy atom. The van der Waals surface area contributed by atoms with Crippen molar-refractivity contribution in [1.29, 1.82) is 0 Å². The van der Waals surface area contributed by atoms with Gasteiger partial charge in [0.05, 0.1) is 31.3 Å². The summed E-state index contributed by atoms with van der Waals surface area (Å²) in [6.07, 6.45) is 0.768. The van der Waals surface area contributed by atoms with Crippen LogP contribution in [-0.2, 0) is 23.8 Å². The van der Waals surface area contributed by atoms with E-state index < -0.39 is 30.4 Å². The average Bonchev–Trinajstić information content (AvgIpc) is 3.34. The van der Waals surface area contributed by atoms with Crippen molar-refractivity contribution in [3.63, 3.8) is 0 Å². The fraction of sp³-hybridized carbons (Fsp3) is 0.412. The van der Waals surface area contributed by atoms with Gasteiger partial charge < -0.3 is 19.5 Å². The van der Waals surface area contributed by atoms with E-state index in [2.05, 4.69) is 14.8 Å². The van der Waals surface area contributed by atoms with Gasteiger partial charge in [0.15, 0.2) is 6.61 Å². The van der Waals surface area contributed by atoms with Crippen LogP contribution < -0.4 is 5.32 Å². The van der Waals surface area contributed by atoms with E-state index in [1.807, 2.05) is 6.92 Å². The molecule has 1 aliphatic rings. The SMILES string of the molecule is COC(=O)c1cc(NC(=O)COC(=O)[C@H]2C[C@@H]2C)cc(C(=O)OC)c1. The molecule has 1 N–H and O–H groups in total. The Morgan fingerprint density at radius 1 is 1.04 bits per heavy atom. The van der Waals surface area contributed by atoms with Crippen LogP contribution in [-0.4, -0.2) is 44.6 Å². The van der Waals surface area contributed by atoms with Gasteiger partial charge in [-0.2, -0.15) is 0 Å². The van der Waals surface area contributed by atoms with E-state index in [1.165, 1.54) is 32.4 Å². The number of benzene rings is 1. The predicted octanol–water partition coefficient (Wildman–Crippen LogP) is 1.40. The zero-order valence-electron chi connectivity index (χ0n) is 14.2. The third-order valence-electron chi connectivity index (χ3n) is 3.82. The first-order valence-electron chi connectivity index (χ1n) is 7.64. The van der Waals surface area contributed by atoms with Crippen molar-refractivity contribution in [1.82, 2.24) is 0 Å². The molecule has 1 fully saturated rings. The molecule has 0 saturated heterocycles. The summed E-state index contributed by atoms with van der Waals surface area (Å²) in [6.45, 7) is 1.48. The molecular weight excluding hydrogens is 330 g/mol. The molecule has 134 valence electrons. The summed E-state index contributed by atoms with van der Waals surface area (Å²) in [6, 6.07) is 3.99. The van der Waals surface area contributed by atoms with Crippen LogP contribution in [0.1, 0.15) is 34.1 Å². The Kier molecular flexibility index (Phi) is 5.74. The van der Waals surface area contributed by atoms with Gasteiger partial charge in [0, 0.05) is 5.69 Å². The third kappa shape index (κ3) is 4.79. The van der Waals surface area contributed by atoms with Crippen molar-refractivity contribution in [3.8, 4) is 0 Å². The maximum Gasteiger partial charge on any atom is 0.337 e. The summed E-state index contributed by atoms with van der Waals surface area (Å²) in [5.74, 6) is -2.18. The monoisotopic (exact) mass is 349 g/mol. The van der Waals surface area contributed by atoms with E-state index in [9.17, 15) is 19.2 Å². The van der Waals surface area contributed by atoms with Gasteiger partial charge in [-0.3, -0.25) is 9.59 Å². The highest BCUT2D eigenvalue weighted by atomic mass is 16.5. The van der Waals surface area contributed by atoms with E-state index in [-0.39, 0.29) is 28.7 Å². The molecule has 25 heavy (non-hydrogen) atoms. The van der Waals surface area contributed by atoms with E-state index in [0.717, 1.165) is 6.42 Å². The Labute approximate surface area is 144 Å². The molecule has 0 heterocycles. The van der Waals surface area contributed by atoms with Gasteiger partial charge in [-0.25, -0.2) is 9.59 Å². The van der Waals surface area contributed by atoms with E-state index in [0.29, 0.717) is 0 Å². The molecule has 2 rings (SSSR count). The van der Waals surface area contributed by atoms with E-state index in [4.69, 9.17) is 4.74 Å². The number of rotatable bonds is 6. The molecule has 0 spiro atoms. The van der Waals surface area contributed by atoms with Crippen LogP contribution >= 0.6 is 0 Å². The minimum absolute atomic E-state index is 0.0736. The number of carbonyl (C=O) groups excluding carboxylic acids is 4. The number of anilines is 1. The zero-order valence-corrected chi connectivity index (χ0v) is 14.2. The van der Waals surface area contributed by atoms with Crippen molar-refractivity contribution in [2.75, 3.05) is 26.1 Å². The second-order valence-corrected chi connectivity index (χ2v) is 5.76. The van der Waals surface area contributed by atoms with Crippen LogP contribution in [0.15, 0.2) is 18.2 Å². The number of hydrogen-bond donors (Lipinski definition) is 1. The van der Waals surface area contributed by atoms with Crippen LogP contribution in [0.3, 0.4) is 0 Å². The molecule has 0 aromatic heterocycles. The molecule has 1 aromatic rings. The van der Waals surface area contributed by atoms with Crippen molar-refractivity contribution in [2.45, 2.75) is 13.3 Å². The summed E-state index contributed by atoms with van der Waals surface area (Å²) < 4.78 is 14.2.